The van der Waals surface area contributed by atoms with E-state index in [0.29, 0.717) is 5.92 Å². The van der Waals surface area contributed by atoms with Crippen molar-refractivity contribution >= 4 is 11.8 Å². The van der Waals surface area contributed by atoms with Crippen LogP contribution < -0.4 is 16.0 Å². The molecular weight excluding hydrogens is 266 g/mol. The molecule has 1 saturated heterocycles. The Balaban J connectivity index is 1.80. The van der Waals surface area contributed by atoms with Crippen LogP contribution in [0.4, 0.5) is 0 Å². The van der Waals surface area contributed by atoms with Gasteiger partial charge in [-0.3, -0.25) is 9.59 Å². The van der Waals surface area contributed by atoms with Crippen LogP contribution in [0.5, 0.6) is 0 Å². The lowest BCUT2D eigenvalue weighted by atomic mass is 9.83. The summed E-state index contributed by atoms with van der Waals surface area (Å²) in [4.78, 5) is 24.4. The molecular formula is C16H29N3O2. The Morgan fingerprint density at radius 2 is 1.86 bits per heavy atom. The van der Waals surface area contributed by atoms with Crippen molar-refractivity contribution in [2.75, 3.05) is 13.1 Å². The molecule has 5 heteroatoms. The second kappa shape index (κ2) is 7.25. The van der Waals surface area contributed by atoms with E-state index in [1.165, 1.54) is 0 Å². The van der Waals surface area contributed by atoms with Crippen LogP contribution in [0.25, 0.3) is 0 Å². The molecule has 0 bridgehead atoms. The topological polar surface area (TPSA) is 70.2 Å². The largest absolute Gasteiger partial charge is 0.354 e. The molecule has 2 aliphatic rings. The zero-order valence-electron chi connectivity index (χ0n) is 13.4. The van der Waals surface area contributed by atoms with Gasteiger partial charge in [-0.25, -0.2) is 0 Å². The summed E-state index contributed by atoms with van der Waals surface area (Å²) in [6.45, 7) is 7.85. The summed E-state index contributed by atoms with van der Waals surface area (Å²) in [5.74, 6) is 0.869. The van der Waals surface area contributed by atoms with Crippen LogP contribution in [0.3, 0.4) is 0 Å². The van der Waals surface area contributed by atoms with Crippen LogP contribution in [-0.2, 0) is 9.59 Å². The van der Waals surface area contributed by atoms with Crippen molar-refractivity contribution in [1.29, 1.82) is 0 Å². The third kappa shape index (κ3) is 4.43. The lowest BCUT2D eigenvalue weighted by Crippen LogP contribution is -2.51. The Bertz CT molecular complexity index is 380. The molecule has 3 N–H and O–H groups in total. The molecule has 1 aliphatic carbocycles. The van der Waals surface area contributed by atoms with Crippen LogP contribution in [0.2, 0.25) is 0 Å². The first-order valence-electron chi connectivity index (χ1n) is 8.28. The molecule has 5 nitrogen and oxygen atoms in total. The second-order valence-electron chi connectivity index (χ2n) is 6.94. The van der Waals surface area contributed by atoms with E-state index in [0.717, 1.165) is 38.8 Å². The van der Waals surface area contributed by atoms with Gasteiger partial charge in [-0.1, -0.05) is 13.3 Å². The molecule has 0 aromatic heterocycles. The van der Waals surface area contributed by atoms with E-state index in [1.807, 2.05) is 20.8 Å². The van der Waals surface area contributed by atoms with Crippen molar-refractivity contribution in [1.82, 2.24) is 16.0 Å². The van der Waals surface area contributed by atoms with Crippen molar-refractivity contribution in [3.8, 4) is 0 Å². The molecule has 3 atom stereocenters. The highest BCUT2D eigenvalue weighted by Crippen LogP contribution is 2.25. The summed E-state index contributed by atoms with van der Waals surface area (Å²) >= 11 is 0. The normalized spacial score (nSPS) is 27.8. The average Bonchev–Trinajstić information content (AvgIpc) is 2.36. The number of carbonyl (C=O) groups is 2. The molecule has 2 fully saturated rings. The Hall–Kier alpha value is -1.10. The van der Waals surface area contributed by atoms with Crippen LogP contribution in [0.15, 0.2) is 0 Å². The smallest absolute Gasteiger partial charge is 0.223 e. The number of hydrogen-bond donors (Lipinski definition) is 3. The maximum atomic E-state index is 12.3. The highest BCUT2D eigenvalue weighted by molar-refractivity contribution is 5.80. The monoisotopic (exact) mass is 295 g/mol. The van der Waals surface area contributed by atoms with E-state index in [9.17, 15) is 9.59 Å². The van der Waals surface area contributed by atoms with Crippen LogP contribution in [0, 0.1) is 17.8 Å². The first-order valence-corrected chi connectivity index (χ1v) is 8.28. The number of hydrogen-bond acceptors (Lipinski definition) is 3. The van der Waals surface area contributed by atoms with E-state index in [-0.39, 0.29) is 35.7 Å². The Morgan fingerprint density at radius 1 is 1.14 bits per heavy atom. The molecule has 1 heterocycles. The summed E-state index contributed by atoms with van der Waals surface area (Å²) < 4.78 is 0. The van der Waals surface area contributed by atoms with Gasteiger partial charge in [0, 0.05) is 23.9 Å². The van der Waals surface area contributed by atoms with E-state index in [4.69, 9.17) is 0 Å². The molecule has 2 amide bonds. The van der Waals surface area contributed by atoms with E-state index in [1.54, 1.807) is 0 Å². The lowest BCUT2D eigenvalue weighted by molar-refractivity contribution is -0.130. The molecule has 1 saturated carbocycles. The van der Waals surface area contributed by atoms with E-state index < -0.39 is 0 Å². The van der Waals surface area contributed by atoms with Gasteiger partial charge in [0.05, 0.1) is 0 Å². The van der Waals surface area contributed by atoms with Crippen LogP contribution >= 0.6 is 0 Å². The number of nitrogens with one attached hydrogen (secondary N) is 3. The number of rotatable bonds is 5. The first-order chi connectivity index (χ1) is 9.97. The minimum atomic E-state index is 0.0483. The van der Waals surface area contributed by atoms with Gasteiger partial charge in [0.15, 0.2) is 0 Å². The summed E-state index contributed by atoms with van der Waals surface area (Å²) in [5.41, 5.74) is 0. The van der Waals surface area contributed by atoms with Gasteiger partial charge in [0.1, 0.15) is 0 Å². The summed E-state index contributed by atoms with van der Waals surface area (Å²) in [5, 5.41) is 9.35. The SMILES string of the molecule is CC(C)NC(=O)C1CCCC(NC(=O)C(C)C2CNC2)C1. The Kier molecular flexibility index (Phi) is 5.62. The predicted octanol–water partition coefficient (Wildman–Crippen LogP) is 1.04. The molecule has 0 aromatic rings. The summed E-state index contributed by atoms with van der Waals surface area (Å²) in [6, 6.07) is 0.336. The van der Waals surface area contributed by atoms with Gasteiger partial charge in [-0.2, -0.15) is 0 Å². The zero-order valence-corrected chi connectivity index (χ0v) is 13.4. The summed E-state index contributed by atoms with van der Waals surface area (Å²) in [7, 11) is 0. The van der Waals surface area contributed by atoms with Gasteiger partial charge in [0.25, 0.3) is 0 Å². The van der Waals surface area contributed by atoms with Gasteiger partial charge >= 0.3 is 0 Å². The highest BCUT2D eigenvalue weighted by Gasteiger charge is 2.32. The minimum Gasteiger partial charge on any atom is -0.354 e. The molecule has 1 aliphatic heterocycles. The highest BCUT2D eigenvalue weighted by atomic mass is 16.2. The molecule has 120 valence electrons. The molecule has 0 spiro atoms. The van der Waals surface area contributed by atoms with Crippen LogP contribution in [0.1, 0.15) is 46.5 Å². The molecule has 3 unspecified atom stereocenters. The van der Waals surface area contributed by atoms with Crippen molar-refractivity contribution in [3.05, 3.63) is 0 Å². The molecule has 0 radical (unpaired) electrons. The van der Waals surface area contributed by atoms with Crippen molar-refractivity contribution in [2.24, 2.45) is 17.8 Å². The minimum absolute atomic E-state index is 0.0483. The van der Waals surface area contributed by atoms with E-state index >= 15 is 0 Å². The van der Waals surface area contributed by atoms with Crippen molar-refractivity contribution in [3.63, 3.8) is 0 Å². The maximum Gasteiger partial charge on any atom is 0.223 e. The van der Waals surface area contributed by atoms with Gasteiger partial charge < -0.3 is 16.0 Å². The van der Waals surface area contributed by atoms with Gasteiger partial charge in [-0.05, 0) is 52.1 Å². The molecule has 0 aromatic carbocycles. The fourth-order valence-corrected chi connectivity index (χ4v) is 3.17. The Morgan fingerprint density at radius 3 is 2.43 bits per heavy atom. The Labute approximate surface area is 127 Å². The molecule has 2 rings (SSSR count). The molecule has 21 heavy (non-hydrogen) atoms. The maximum absolute atomic E-state index is 12.3. The fourth-order valence-electron chi connectivity index (χ4n) is 3.17. The predicted molar refractivity (Wildman–Crippen MR) is 82.7 cm³/mol. The number of amides is 2. The third-order valence-corrected chi connectivity index (χ3v) is 4.76. The first kappa shape index (κ1) is 16.3. The second-order valence-corrected chi connectivity index (χ2v) is 6.94. The van der Waals surface area contributed by atoms with Crippen molar-refractivity contribution < 1.29 is 9.59 Å². The zero-order chi connectivity index (χ0) is 15.4. The lowest BCUT2D eigenvalue weighted by Gasteiger charge is -2.34. The van der Waals surface area contributed by atoms with Crippen LogP contribution in [-0.4, -0.2) is 37.0 Å². The third-order valence-electron chi connectivity index (χ3n) is 4.76. The fraction of sp³-hybridized carbons (Fsp3) is 0.875. The standard InChI is InChI=1S/C16H29N3O2/c1-10(2)18-16(21)12-5-4-6-14(7-12)19-15(20)11(3)13-8-17-9-13/h10-14,17H,4-9H2,1-3H3,(H,18,21)(H,19,20). The van der Waals surface area contributed by atoms with Crippen molar-refractivity contribution in [2.45, 2.75) is 58.5 Å². The summed E-state index contributed by atoms with van der Waals surface area (Å²) in [6.07, 6.45) is 3.72. The quantitative estimate of drug-likeness (QED) is 0.710. The van der Waals surface area contributed by atoms with Gasteiger partial charge in [-0.15, -0.1) is 0 Å². The van der Waals surface area contributed by atoms with Gasteiger partial charge in [0.2, 0.25) is 11.8 Å². The average molecular weight is 295 g/mol. The van der Waals surface area contributed by atoms with E-state index in [2.05, 4.69) is 16.0 Å². The number of carbonyl (C=O) groups excluding carboxylic acids is 2.